The van der Waals surface area contributed by atoms with E-state index in [1.807, 2.05) is 53.4 Å². The van der Waals surface area contributed by atoms with E-state index in [9.17, 15) is 4.79 Å². The second kappa shape index (κ2) is 6.67. The van der Waals surface area contributed by atoms with Crippen molar-refractivity contribution in [3.8, 4) is 11.5 Å². The Kier molecular flexibility index (Phi) is 4.21. The molecule has 1 fully saturated rings. The zero-order valence-electron chi connectivity index (χ0n) is 14.8. The lowest BCUT2D eigenvalue weighted by Crippen LogP contribution is -2.34. The summed E-state index contributed by atoms with van der Waals surface area (Å²) >= 11 is 0. The van der Waals surface area contributed by atoms with Crippen molar-refractivity contribution in [2.45, 2.75) is 18.9 Å². The fourth-order valence-corrected chi connectivity index (χ4v) is 3.09. The van der Waals surface area contributed by atoms with Crippen molar-refractivity contribution >= 4 is 17.8 Å². The van der Waals surface area contributed by atoms with Gasteiger partial charge in [-0.3, -0.25) is 9.69 Å². The maximum atomic E-state index is 12.9. The molecule has 5 nitrogen and oxygen atoms in total. The Bertz CT molecular complexity index is 899. The molecule has 0 bridgehead atoms. The number of aliphatic imine (C=N–C) groups is 1. The predicted molar refractivity (Wildman–Crippen MR) is 100 cm³/mol. The van der Waals surface area contributed by atoms with Crippen molar-refractivity contribution in [3.05, 3.63) is 65.4 Å². The van der Waals surface area contributed by atoms with Gasteiger partial charge in [-0.25, -0.2) is 4.99 Å². The zero-order chi connectivity index (χ0) is 18.1. The average Bonchev–Trinajstić information content (AvgIpc) is 3.47. The second-order valence-corrected chi connectivity index (χ2v) is 6.35. The molecule has 132 valence electrons. The summed E-state index contributed by atoms with van der Waals surface area (Å²) in [5.74, 6) is 1.98. The van der Waals surface area contributed by atoms with Gasteiger partial charge in [-0.2, -0.15) is 0 Å². The summed E-state index contributed by atoms with van der Waals surface area (Å²) in [6.07, 6.45) is 3.86. The average molecular weight is 348 g/mol. The zero-order valence-corrected chi connectivity index (χ0v) is 14.8. The summed E-state index contributed by atoms with van der Waals surface area (Å²) < 4.78 is 10.6. The van der Waals surface area contributed by atoms with E-state index >= 15 is 0 Å². The van der Waals surface area contributed by atoms with Gasteiger partial charge in [0.2, 0.25) is 0 Å². The quantitative estimate of drug-likeness (QED) is 0.777. The van der Waals surface area contributed by atoms with Gasteiger partial charge >= 0.3 is 0 Å². The van der Waals surface area contributed by atoms with Gasteiger partial charge in [-0.05, 0) is 36.6 Å². The van der Waals surface area contributed by atoms with Crippen LogP contribution in [0.1, 0.15) is 24.0 Å². The van der Waals surface area contributed by atoms with Crippen molar-refractivity contribution in [1.82, 2.24) is 4.90 Å². The molecule has 1 saturated carbocycles. The number of benzene rings is 2. The van der Waals surface area contributed by atoms with E-state index in [0.717, 1.165) is 29.8 Å². The van der Waals surface area contributed by atoms with Gasteiger partial charge in [0.25, 0.3) is 5.91 Å². The van der Waals surface area contributed by atoms with E-state index in [4.69, 9.17) is 9.47 Å². The fraction of sp³-hybridized carbons (Fsp3) is 0.238. The lowest BCUT2D eigenvalue weighted by molar-refractivity contribution is -0.122. The summed E-state index contributed by atoms with van der Waals surface area (Å²) in [7, 11) is 3.19. The first-order valence-corrected chi connectivity index (χ1v) is 8.62. The number of methoxy groups -OCH3 is 2. The van der Waals surface area contributed by atoms with Gasteiger partial charge < -0.3 is 9.47 Å². The summed E-state index contributed by atoms with van der Waals surface area (Å²) in [5, 5.41) is 0. The highest BCUT2D eigenvalue weighted by molar-refractivity contribution is 6.20. The third-order valence-corrected chi connectivity index (χ3v) is 4.55. The number of amides is 1. The van der Waals surface area contributed by atoms with Crippen molar-refractivity contribution in [2.24, 2.45) is 4.99 Å². The molecule has 0 N–H and O–H groups in total. The highest BCUT2D eigenvalue weighted by atomic mass is 16.5. The molecule has 1 amide bonds. The molecule has 1 heterocycles. The Hall–Kier alpha value is -3.08. The van der Waals surface area contributed by atoms with E-state index in [2.05, 4.69) is 4.99 Å². The molecule has 0 unspecified atom stereocenters. The normalized spacial score (nSPS) is 18.2. The number of nitrogens with zero attached hydrogens (tertiary/aromatic N) is 2. The largest absolute Gasteiger partial charge is 0.493 e. The number of rotatable bonds is 5. The van der Waals surface area contributed by atoms with E-state index in [1.165, 1.54) is 0 Å². The maximum absolute atomic E-state index is 12.9. The summed E-state index contributed by atoms with van der Waals surface area (Å²) in [6.45, 7) is 0. The Balaban J connectivity index is 1.73. The summed E-state index contributed by atoms with van der Waals surface area (Å²) in [6, 6.07) is 15.7. The molecule has 26 heavy (non-hydrogen) atoms. The van der Waals surface area contributed by atoms with Crippen LogP contribution in [-0.2, 0) is 4.79 Å². The minimum atomic E-state index is -0.0406. The number of hydrogen-bond donors (Lipinski definition) is 0. The van der Waals surface area contributed by atoms with Gasteiger partial charge in [-0.15, -0.1) is 0 Å². The van der Waals surface area contributed by atoms with Crippen LogP contribution in [0.3, 0.4) is 0 Å². The first-order valence-electron chi connectivity index (χ1n) is 8.62. The molecular weight excluding hydrogens is 328 g/mol. The molecule has 2 aromatic carbocycles. The molecule has 2 aromatic rings. The maximum Gasteiger partial charge on any atom is 0.278 e. The predicted octanol–water partition coefficient (Wildman–Crippen LogP) is 3.50. The second-order valence-electron chi connectivity index (χ2n) is 6.35. The van der Waals surface area contributed by atoms with Gasteiger partial charge in [0.05, 0.1) is 14.2 Å². The standard InChI is InChI=1S/C21H20N2O3/c1-25-18-11-8-14(13-19(18)26-2)12-17-21(24)23(16-9-10-16)20(22-17)15-6-4-3-5-7-15/h3-8,11-13,16H,9-10H2,1-2H3/b17-12-. The number of carbonyl (C=O) groups excluding carboxylic acids is 1. The SMILES string of the molecule is COc1ccc(/C=C2\N=C(c3ccccc3)N(C3CC3)C2=O)cc1OC. The summed E-state index contributed by atoms with van der Waals surface area (Å²) in [4.78, 5) is 19.4. The number of ether oxygens (including phenoxy) is 2. The van der Waals surface area contributed by atoms with Crippen LogP contribution in [0, 0.1) is 0 Å². The molecule has 5 heteroatoms. The minimum Gasteiger partial charge on any atom is -0.493 e. The highest BCUT2D eigenvalue weighted by Crippen LogP contribution is 2.35. The van der Waals surface area contributed by atoms with Gasteiger partial charge in [-0.1, -0.05) is 36.4 Å². The van der Waals surface area contributed by atoms with Gasteiger partial charge in [0.15, 0.2) is 11.5 Å². The van der Waals surface area contributed by atoms with Crippen LogP contribution < -0.4 is 9.47 Å². The minimum absolute atomic E-state index is 0.0406. The molecule has 0 spiro atoms. The Morgan fingerprint density at radius 2 is 1.77 bits per heavy atom. The molecule has 4 rings (SSSR count). The molecule has 0 saturated heterocycles. The van der Waals surface area contributed by atoms with Crippen LogP contribution in [-0.4, -0.2) is 36.9 Å². The van der Waals surface area contributed by atoms with Crippen molar-refractivity contribution in [1.29, 1.82) is 0 Å². The fourth-order valence-electron chi connectivity index (χ4n) is 3.09. The van der Waals surface area contributed by atoms with E-state index in [-0.39, 0.29) is 11.9 Å². The highest BCUT2D eigenvalue weighted by Gasteiger charge is 2.41. The smallest absolute Gasteiger partial charge is 0.278 e. The number of hydrogen-bond acceptors (Lipinski definition) is 4. The van der Waals surface area contributed by atoms with Crippen molar-refractivity contribution in [3.63, 3.8) is 0 Å². The lowest BCUT2D eigenvalue weighted by Gasteiger charge is -2.17. The van der Waals surface area contributed by atoms with Gasteiger partial charge in [0.1, 0.15) is 11.5 Å². The van der Waals surface area contributed by atoms with Gasteiger partial charge in [0, 0.05) is 11.6 Å². The third-order valence-electron chi connectivity index (χ3n) is 4.55. The van der Waals surface area contributed by atoms with Crippen molar-refractivity contribution in [2.75, 3.05) is 14.2 Å². The molecule has 1 aliphatic heterocycles. The van der Waals surface area contributed by atoms with Crippen LogP contribution in [0.15, 0.2) is 59.2 Å². The monoisotopic (exact) mass is 348 g/mol. The number of carbonyl (C=O) groups is 1. The van der Waals surface area contributed by atoms with E-state index in [0.29, 0.717) is 17.2 Å². The first-order chi connectivity index (χ1) is 12.7. The third kappa shape index (κ3) is 2.96. The van der Waals surface area contributed by atoms with Crippen LogP contribution in [0.5, 0.6) is 11.5 Å². The van der Waals surface area contributed by atoms with Crippen LogP contribution in [0.25, 0.3) is 6.08 Å². The summed E-state index contributed by atoms with van der Waals surface area (Å²) in [5.41, 5.74) is 2.26. The topological polar surface area (TPSA) is 51.1 Å². The molecule has 1 aliphatic carbocycles. The molecule has 2 aliphatic rings. The first kappa shape index (κ1) is 16.4. The van der Waals surface area contributed by atoms with Crippen LogP contribution in [0.2, 0.25) is 0 Å². The molecule has 0 aromatic heterocycles. The number of amidine groups is 1. The molecule has 0 radical (unpaired) electrons. The Morgan fingerprint density at radius 1 is 1.04 bits per heavy atom. The van der Waals surface area contributed by atoms with E-state index in [1.54, 1.807) is 20.3 Å². The van der Waals surface area contributed by atoms with E-state index < -0.39 is 0 Å². The molecule has 0 atom stereocenters. The lowest BCUT2D eigenvalue weighted by atomic mass is 10.1. The Morgan fingerprint density at radius 3 is 2.42 bits per heavy atom. The van der Waals surface area contributed by atoms with Crippen molar-refractivity contribution < 1.29 is 14.3 Å². The van der Waals surface area contributed by atoms with Crippen LogP contribution in [0.4, 0.5) is 0 Å². The Labute approximate surface area is 152 Å². The van der Waals surface area contributed by atoms with Crippen LogP contribution >= 0.6 is 0 Å². The molecular formula is C21H20N2O3.